The van der Waals surface area contributed by atoms with Crippen LogP contribution in [-0.2, 0) is 13.5 Å². The summed E-state index contributed by atoms with van der Waals surface area (Å²) in [5, 5.41) is 2.78. The van der Waals surface area contributed by atoms with Gasteiger partial charge in [0.15, 0.2) is 6.20 Å². The Morgan fingerprint density at radius 3 is 2.37 bits per heavy atom. The summed E-state index contributed by atoms with van der Waals surface area (Å²) in [4.78, 5) is 0. The predicted molar refractivity (Wildman–Crippen MR) is 127 cm³/mol. The topological polar surface area (TPSA) is 3.88 Å². The summed E-state index contributed by atoms with van der Waals surface area (Å²) in [5.74, 6) is 1.65. The summed E-state index contributed by atoms with van der Waals surface area (Å²) in [7, 11) is 2.21. The fraction of sp³-hybridized carbons (Fsp3) is 0.483. The van der Waals surface area contributed by atoms with Gasteiger partial charge in [-0.15, -0.1) is 0 Å². The second-order valence-electron chi connectivity index (χ2n) is 10.0. The molecule has 1 nitrogen and oxygen atoms in total. The van der Waals surface area contributed by atoms with E-state index >= 15 is 0 Å². The van der Waals surface area contributed by atoms with Crippen molar-refractivity contribution < 1.29 is 4.57 Å². The van der Waals surface area contributed by atoms with Gasteiger partial charge in [-0.2, -0.15) is 0 Å². The molecule has 0 aliphatic heterocycles. The molecular formula is C29H36N+. The Morgan fingerprint density at radius 1 is 0.867 bits per heavy atom. The van der Waals surface area contributed by atoms with Gasteiger partial charge in [-0.05, 0) is 84.7 Å². The van der Waals surface area contributed by atoms with Crippen LogP contribution in [0.15, 0.2) is 42.6 Å². The number of hydrogen-bond donors (Lipinski definition) is 0. The molecular weight excluding hydrogens is 362 g/mol. The summed E-state index contributed by atoms with van der Waals surface area (Å²) in [6.07, 6.45) is 14.7. The molecule has 2 aliphatic rings. The van der Waals surface area contributed by atoms with Gasteiger partial charge in [0.1, 0.15) is 7.05 Å². The van der Waals surface area contributed by atoms with Gasteiger partial charge in [0, 0.05) is 6.07 Å². The van der Waals surface area contributed by atoms with Crippen LogP contribution in [0.25, 0.3) is 22.0 Å². The van der Waals surface area contributed by atoms with E-state index in [1.54, 1.807) is 5.56 Å². The molecule has 0 bridgehead atoms. The average Bonchev–Trinajstić information content (AvgIpc) is 3.45. The Bertz CT molecular complexity index is 1070. The van der Waals surface area contributed by atoms with Crippen LogP contribution >= 0.6 is 0 Å². The van der Waals surface area contributed by atoms with Gasteiger partial charge in [0.2, 0.25) is 5.69 Å². The minimum atomic E-state index is 0.751. The minimum Gasteiger partial charge on any atom is -0.200 e. The zero-order valence-corrected chi connectivity index (χ0v) is 19.0. The molecule has 2 aliphatic carbocycles. The van der Waals surface area contributed by atoms with Crippen LogP contribution in [-0.4, -0.2) is 0 Å². The van der Waals surface area contributed by atoms with E-state index in [-0.39, 0.29) is 0 Å². The van der Waals surface area contributed by atoms with E-state index in [0.29, 0.717) is 0 Å². The number of fused-ring (bicyclic) bond motifs is 1. The fourth-order valence-corrected chi connectivity index (χ4v) is 6.06. The number of aryl methyl sites for hydroxylation is 2. The maximum Gasteiger partial charge on any atom is 0.220 e. The van der Waals surface area contributed by atoms with Crippen LogP contribution in [0.1, 0.15) is 79.5 Å². The zero-order valence-electron chi connectivity index (χ0n) is 19.0. The lowest BCUT2D eigenvalue weighted by Crippen LogP contribution is -2.31. The highest BCUT2D eigenvalue weighted by Crippen LogP contribution is 2.38. The monoisotopic (exact) mass is 398 g/mol. The number of benzene rings is 2. The first kappa shape index (κ1) is 19.8. The van der Waals surface area contributed by atoms with Crippen LogP contribution in [0.3, 0.4) is 0 Å². The molecule has 2 fully saturated rings. The maximum atomic E-state index is 2.51. The summed E-state index contributed by atoms with van der Waals surface area (Å²) < 4.78 is 2.33. The van der Waals surface area contributed by atoms with E-state index in [1.165, 1.54) is 96.5 Å². The molecule has 3 aromatic rings. The molecule has 30 heavy (non-hydrogen) atoms. The molecule has 1 heteroatoms. The molecule has 0 amide bonds. The predicted octanol–water partition coefficient (Wildman–Crippen LogP) is 7.34. The fourth-order valence-electron chi connectivity index (χ4n) is 6.06. The highest BCUT2D eigenvalue weighted by molar-refractivity contribution is 5.94. The number of rotatable bonds is 4. The van der Waals surface area contributed by atoms with E-state index in [1.807, 2.05) is 0 Å². The van der Waals surface area contributed by atoms with Crippen molar-refractivity contribution in [3.8, 4) is 11.3 Å². The van der Waals surface area contributed by atoms with Crippen LogP contribution in [0, 0.1) is 19.8 Å². The van der Waals surface area contributed by atoms with Crippen LogP contribution in [0.5, 0.6) is 0 Å². The summed E-state index contributed by atoms with van der Waals surface area (Å²) in [6.45, 7) is 4.60. The third kappa shape index (κ3) is 3.68. The largest absolute Gasteiger partial charge is 0.220 e. The molecule has 0 saturated heterocycles. The van der Waals surface area contributed by atoms with E-state index in [9.17, 15) is 0 Å². The van der Waals surface area contributed by atoms with E-state index in [0.717, 1.165) is 11.8 Å². The SMILES string of the molecule is Cc1cc(C2CCCC2)cc(-c2c3ccc(CC4CCCC4)cc3cc[n+]2C)c1C. The molecule has 156 valence electrons. The zero-order chi connectivity index (χ0) is 20.7. The average molecular weight is 399 g/mol. The number of nitrogens with zero attached hydrogens (tertiary/aromatic N) is 1. The van der Waals surface area contributed by atoms with Crippen molar-refractivity contribution in [2.75, 3.05) is 0 Å². The number of pyridine rings is 1. The lowest BCUT2D eigenvalue weighted by Gasteiger charge is -2.16. The standard InChI is InChI=1S/C29H36N/c1-20-16-26(24-10-6-7-11-24)19-28(21(20)2)29-27-13-12-23(17-22-8-4-5-9-22)18-25(27)14-15-30(29)3/h12-16,18-19,22,24H,4-11,17H2,1-3H3/q+1. The highest BCUT2D eigenvalue weighted by Gasteiger charge is 2.23. The van der Waals surface area contributed by atoms with Gasteiger partial charge >= 0.3 is 0 Å². The van der Waals surface area contributed by atoms with E-state index in [4.69, 9.17) is 0 Å². The number of hydrogen-bond acceptors (Lipinski definition) is 0. The van der Waals surface area contributed by atoms with Crippen molar-refractivity contribution >= 4 is 10.8 Å². The molecule has 0 N–H and O–H groups in total. The van der Waals surface area contributed by atoms with E-state index in [2.05, 4.69) is 68.1 Å². The molecule has 0 radical (unpaired) electrons. The van der Waals surface area contributed by atoms with Crippen molar-refractivity contribution in [3.63, 3.8) is 0 Å². The van der Waals surface area contributed by atoms with Crippen molar-refractivity contribution in [1.29, 1.82) is 0 Å². The smallest absolute Gasteiger partial charge is 0.200 e. The third-order valence-electron chi connectivity index (χ3n) is 7.97. The Balaban J connectivity index is 1.60. The lowest BCUT2D eigenvalue weighted by molar-refractivity contribution is -0.659. The normalized spacial score (nSPS) is 18.0. The maximum absolute atomic E-state index is 2.51. The second-order valence-corrected chi connectivity index (χ2v) is 10.0. The van der Waals surface area contributed by atoms with Gasteiger partial charge in [-0.25, -0.2) is 4.57 Å². The molecule has 5 rings (SSSR count). The summed E-state index contributed by atoms with van der Waals surface area (Å²) in [6, 6.07) is 14.5. The lowest BCUT2D eigenvalue weighted by atomic mass is 9.88. The van der Waals surface area contributed by atoms with Crippen LogP contribution in [0.4, 0.5) is 0 Å². The Morgan fingerprint density at radius 2 is 1.60 bits per heavy atom. The van der Waals surface area contributed by atoms with Crippen molar-refractivity contribution in [2.45, 2.75) is 77.6 Å². The number of aromatic nitrogens is 1. The van der Waals surface area contributed by atoms with E-state index < -0.39 is 0 Å². The Kier molecular flexibility index (Phi) is 5.39. The highest BCUT2D eigenvalue weighted by atomic mass is 14.9. The minimum absolute atomic E-state index is 0.751. The molecule has 0 spiro atoms. The first-order valence-electron chi connectivity index (χ1n) is 12.1. The first-order chi connectivity index (χ1) is 14.6. The molecule has 2 saturated carbocycles. The van der Waals surface area contributed by atoms with Gasteiger partial charge < -0.3 is 0 Å². The van der Waals surface area contributed by atoms with Crippen molar-refractivity contribution in [2.24, 2.45) is 13.0 Å². The summed E-state index contributed by atoms with van der Waals surface area (Å²) in [5.41, 5.74) is 8.73. The van der Waals surface area contributed by atoms with Gasteiger partial charge in [0.25, 0.3) is 0 Å². The van der Waals surface area contributed by atoms with Gasteiger partial charge in [-0.1, -0.05) is 56.7 Å². The molecule has 0 unspecified atom stereocenters. The van der Waals surface area contributed by atoms with Crippen LogP contribution < -0.4 is 4.57 Å². The van der Waals surface area contributed by atoms with Gasteiger partial charge in [-0.3, -0.25) is 0 Å². The quantitative estimate of drug-likeness (QED) is 0.405. The molecule has 0 atom stereocenters. The first-order valence-corrected chi connectivity index (χ1v) is 12.1. The van der Waals surface area contributed by atoms with Crippen LogP contribution in [0.2, 0.25) is 0 Å². The molecule has 1 aromatic heterocycles. The Hall–Kier alpha value is -2.15. The van der Waals surface area contributed by atoms with Gasteiger partial charge in [0.05, 0.1) is 10.9 Å². The summed E-state index contributed by atoms with van der Waals surface area (Å²) >= 11 is 0. The molecule has 2 aromatic carbocycles. The van der Waals surface area contributed by atoms with Crippen molar-refractivity contribution in [3.05, 3.63) is 64.8 Å². The second kappa shape index (κ2) is 8.17. The molecule has 1 heterocycles. The van der Waals surface area contributed by atoms with Crippen molar-refractivity contribution in [1.82, 2.24) is 0 Å². The third-order valence-corrected chi connectivity index (χ3v) is 7.97. The Labute approximate surface area is 182 Å².